The van der Waals surface area contributed by atoms with Gasteiger partial charge < -0.3 is 4.52 Å². The molecular formula is C23H20ClN2O2P. The van der Waals surface area contributed by atoms with E-state index < -0.39 is 7.37 Å². The van der Waals surface area contributed by atoms with E-state index in [1.165, 1.54) is 0 Å². The zero-order valence-electron chi connectivity index (χ0n) is 15.7. The fourth-order valence-electron chi connectivity index (χ4n) is 3.15. The molecular weight excluding hydrogens is 403 g/mol. The Labute approximate surface area is 175 Å². The van der Waals surface area contributed by atoms with Crippen molar-refractivity contribution in [1.82, 2.24) is 0 Å². The number of rotatable bonds is 6. The number of alkyl halides is 1. The maximum absolute atomic E-state index is 14.0. The highest BCUT2D eigenvalue weighted by Crippen LogP contribution is 2.57. The number of anilines is 1. The zero-order valence-corrected chi connectivity index (χ0v) is 17.3. The van der Waals surface area contributed by atoms with E-state index in [0.717, 1.165) is 22.5 Å². The van der Waals surface area contributed by atoms with E-state index in [0.29, 0.717) is 5.45 Å². The lowest BCUT2D eigenvalue weighted by molar-refractivity contribution is 0.351. The van der Waals surface area contributed by atoms with Gasteiger partial charge in [0.25, 0.3) is 7.37 Å². The van der Waals surface area contributed by atoms with Crippen molar-refractivity contribution in [2.24, 2.45) is 5.10 Å². The van der Waals surface area contributed by atoms with Crippen LogP contribution in [0.25, 0.3) is 5.70 Å². The van der Waals surface area contributed by atoms with Crippen molar-refractivity contribution >= 4 is 35.8 Å². The lowest BCUT2D eigenvalue weighted by atomic mass is 10.1. The molecule has 29 heavy (non-hydrogen) atoms. The summed E-state index contributed by atoms with van der Waals surface area (Å²) in [6, 6.07) is 29.1. The minimum atomic E-state index is -3.38. The van der Waals surface area contributed by atoms with E-state index in [-0.39, 0.29) is 12.5 Å². The van der Waals surface area contributed by atoms with Gasteiger partial charge in [0.2, 0.25) is 0 Å². The third kappa shape index (κ3) is 4.20. The topological polar surface area (TPSA) is 41.9 Å². The zero-order chi connectivity index (χ0) is 20.1. The Morgan fingerprint density at radius 1 is 0.828 bits per heavy atom. The molecule has 1 atom stereocenters. The molecule has 0 unspecified atom stereocenters. The van der Waals surface area contributed by atoms with Crippen LogP contribution >= 0.6 is 19.0 Å². The standard InChI is InChI=1S/C23H20ClN2O2P/c24-16-17-28-29(27)18-22(19-10-4-1-5-11-19)26(21-14-8-3-9-15-21)25-23(29)20-12-6-2-7-13-20/h1-15,18H,16-17H2/t29-/m1/s1. The Morgan fingerprint density at radius 3 is 1.97 bits per heavy atom. The average Bonchev–Trinajstić information content (AvgIpc) is 2.79. The highest BCUT2D eigenvalue weighted by Gasteiger charge is 2.36. The van der Waals surface area contributed by atoms with Gasteiger partial charge in [-0.25, -0.2) is 5.01 Å². The summed E-state index contributed by atoms with van der Waals surface area (Å²) in [7, 11) is -3.38. The molecule has 1 aliphatic heterocycles. The van der Waals surface area contributed by atoms with Gasteiger partial charge in [0.15, 0.2) is 5.45 Å². The molecule has 0 aromatic heterocycles. The summed E-state index contributed by atoms with van der Waals surface area (Å²) >= 11 is 5.84. The van der Waals surface area contributed by atoms with Gasteiger partial charge >= 0.3 is 0 Å². The first-order valence-electron chi connectivity index (χ1n) is 9.29. The second-order valence-corrected chi connectivity index (χ2v) is 8.95. The lowest BCUT2D eigenvalue weighted by Gasteiger charge is -2.31. The van der Waals surface area contributed by atoms with Crippen LogP contribution in [0.5, 0.6) is 0 Å². The third-order valence-corrected chi connectivity index (χ3v) is 6.72. The first kappa shape index (κ1) is 19.7. The molecule has 0 radical (unpaired) electrons. The largest absolute Gasteiger partial charge is 0.320 e. The predicted molar refractivity (Wildman–Crippen MR) is 121 cm³/mol. The van der Waals surface area contributed by atoms with Gasteiger partial charge in [-0.05, 0) is 12.1 Å². The molecule has 1 heterocycles. The Kier molecular flexibility index (Phi) is 5.96. The minimum absolute atomic E-state index is 0.175. The maximum atomic E-state index is 14.0. The first-order valence-corrected chi connectivity index (χ1v) is 11.5. The van der Waals surface area contributed by atoms with E-state index in [9.17, 15) is 4.57 Å². The van der Waals surface area contributed by atoms with Crippen LogP contribution in [0.15, 0.2) is 102 Å². The number of benzene rings is 3. The molecule has 4 nitrogen and oxygen atoms in total. The number of para-hydroxylation sites is 1. The Balaban J connectivity index is 1.91. The molecule has 0 N–H and O–H groups in total. The summed E-state index contributed by atoms with van der Waals surface area (Å²) in [5.74, 6) is 1.96. The van der Waals surface area contributed by atoms with E-state index in [1.54, 1.807) is 5.82 Å². The van der Waals surface area contributed by atoms with Crippen LogP contribution in [0.3, 0.4) is 0 Å². The number of hydrogen-bond donors (Lipinski definition) is 0. The molecule has 1 aliphatic rings. The third-order valence-electron chi connectivity index (χ3n) is 4.47. The van der Waals surface area contributed by atoms with E-state index in [4.69, 9.17) is 21.2 Å². The molecule has 0 aliphatic carbocycles. The van der Waals surface area contributed by atoms with Gasteiger partial charge in [0, 0.05) is 22.8 Å². The lowest BCUT2D eigenvalue weighted by Crippen LogP contribution is -2.23. The Morgan fingerprint density at radius 2 is 1.38 bits per heavy atom. The molecule has 0 fully saturated rings. The van der Waals surface area contributed by atoms with Crippen LogP contribution in [-0.2, 0) is 9.09 Å². The maximum Gasteiger partial charge on any atom is 0.276 e. The average molecular weight is 423 g/mol. The second kappa shape index (κ2) is 8.79. The highest BCUT2D eigenvalue weighted by atomic mass is 35.5. The quantitative estimate of drug-likeness (QED) is 0.341. The molecule has 0 spiro atoms. The van der Waals surface area contributed by atoms with Crippen LogP contribution in [0.1, 0.15) is 11.1 Å². The van der Waals surface area contributed by atoms with Crippen LogP contribution in [0.2, 0.25) is 0 Å². The number of nitrogens with zero attached hydrogens (tertiary/aromatic N) is 2. The highest BCUT2D eigenvalue weighted by molar-refractivity contribution is 7.80. The van der Waals surface area contributed by atoms with E-state index >= 15 is 0 Å². The molecule has 4 rings (SSSR count). The molecule has 0 bridgehead atoms. The van der Waals surface area contributed by atoms with Gasteiger partial charge in [-0.3, -0.25) is 4.57 Å². The van der Waals surface area contributed by atoms with Crippen molar-refractivity contribution in [2.45, 2.75) is 0 Å². The summed E-state index contributed by atoms with van der Waals surface area (Å²) < 4.78 is 19.8. The van der Waals surface area contributed by atoms with Crippen LogP contribution in [0, 0.1) is 0 Å². The summed E-state index contributed by atoms with van der Waals surface area (Å²) in [4.78, 5) is 0. The monoisotopic (exact) mass is 422 g/mol. The molecule has 146 valence electrons. The van der Waals surface area contributed by atoms with Crippen molar-refractivity contribution in [2.75, 3.05) is 17.5 Å². The van der Waals surface area contributed by atoms with E-state index in [1.807, 2.05) is 96.0 Å². The Bertz CT molecular complexity index is 1070. The van der Waals surface area contributed by atoms with Gasteiger partial charge in [-0.1, -0.05) is 78.9 Å². The van der Waals surface area contributed by atoms with Crippen LogP contribution in [-0.4, -0.2) is 17.9 Å². The predicted octanol–water partition coefficient (Wildman–Crippen LogP) is 6.40. The van der Waals surface area contributed by atoms with Gasteiger partial charge in [0.05, 0.1) is 18.0 Å². The molecule has 0 saturated heterocycles. The van der Waals surface area contributed by atoms with Crippen molar-refractivity contribution in [3.8, 4) is 0 Å². The molecule has 3 aromatic rings. The van der Waals surface area contributed by atoms with Crippen LogP contribution < -0.4 is 5.01 Å². The first-order chi connectivity index (χ1) is 14.2. The SMILES string of the molecule is O=[P@@]1(OCCCl)C=C(c2ccccc2)N(c2ccccc2)N=C1c1ccccc1. The van der Waals surface area contributed by atoms with Crippen molar-refractivity contribution in [1.29, 1.82) is 0 Å². The van der Waals surface area contributed by atoms with Crippen LogP contribution in [0.4, 0.5) is 5.69 Å². The summed E-state index contributed by atoms with van der Waals surface area (Å²) in [6.07, 6.45) is 0. The number of hydrazone groups is 1. The normalized spacial score (nSPS) is 18.9. The minimum Gasteiger partial charge on any atom is -0.320 e. The van der Waals surface area contributed by atoms with Gasteiger partial charge in [0.1, 0.15) is 0 Å². The van der Waals surface area contributed by atoms with Crippen molar-refractivity contribution < 1.29 is 9.09 Å². The second-order valence-electron chi connectivity index (χ2n) is 6.44. The summed E-state index contributed by atoms with van der Waals surface area (Å²) in [5.41, 5.74) is 3.66. The molecule has 6 heteroatoms. The van der Waals surface area contributed by atoms with Gasteiger partial charge in [-0.2, -0.15) is 5.10 Å². The number of hydrogen-bond acceptors (Lipinski definition) is 4. The van der Waals surface area contributed by atoms with Crippen molar-refractivity contribution in [3.63, 3.8) is 0 Å². The fourth-order valence-corrected chi connectivity index (χ4v) is 5.32. The fraction of sp³-hybridized carbons (Fsp3) is 0.0870. The van der Waals surface area contributed by atoms with E-state index in [2.05, 4.69) is 0 Å². The molecule has 0 saturated carbocycles. The molecule has 3 aromatic carbocycles. The molecule has 0 amide bonds. The van der Waals surface area contributed by atoms with Gasteiger partial charge in [-0.15, -0.1) is 11.6 Å². The number of halogens is 1. The summed E-state index contributed by atoms with van der Waals surface area (Å²) in [5, 5.41) is 6.65. The smallest absolute Gasteiger partial charge is 0.276 e. The summed E-state index contributed by atoms with van der Waals surface area (Å²) in [6.45, 7) is 0.175. The Hall–Kier alpha value is -2.65. The van der Waals surface area contributed by atoms with Crippen molar-refractivity contribution in [3.05, 3.63) is 108 Å².